The summed E-state index contributed by atoms with van der Waals surface area (Å²) in [6.45, 7) is 0. The van der Waals surface area contributed by atoms with Gasteiger partial charge in [0.25, 0.3) is 0 Å². The fourth-order valence-electron chi connectivity index (χ4n) is 1.57. The van der Waals surface area contributed by atoms with Crippen LogP contribution in [0.4, 0.5) is 0 Å². The quantitative estimate of drug-likeness (QED) is 0.715. The van der Waals surface area contributed by atoms with Gasteiger partial charge in [-0.1, -0.05) is 0 Å². The van der Waals surface area contributed by atoms with Crippen LogP contribution in [0.25, 0.3) is 0 Å². The molecule has 12 heavy (non-hydrogen) atoms. The van der Waals surface area contributed by atoms with Crippen LogP contribution >= 0.6 is 0 Å². The van der Waals surface area contributed by atoms with Crippen molar-refractivity contribution < 1.29 is 0 Å². The van der Waals surface area contributed by atoms with Crippen LogP contribution in [-0.2, 0) is 13.5 Å². The highest BCUT2D eigenvalue weighted by Gasteiger charge is 2.41. The fourth-order valence-corrected chi connectivity index (χ4v) is 1.57. The number of nitrogens with zero attached hydrogens (tertiary/aromatic N) is 2. The number of hydrogen-bond donors (Lipinski definition) is 1. The van der Waals surface area contributed by atoms with Crippen molar-refractivity contribution in [3.63, 3.8) is 0 Å². The normalized spacial score (nSPS) is 19.5. The maximum Gasteiger partial charge on any atom is 0.0946 e. The molecule has 0 amide bonds. The molecule has 0 spiro atoms. The first-order chi connectivity index (χ1) is 5.74. The first-order valence-corrected chi connectivity index (χ1v) is 4.40. The number of aryl methyl sites for hydroxylation is 1. The van der Waals surface area contributed by atoms with Gasteiger partial charge in [-0.15, -0.1) is 0 Å². The number of aromatic nitrogens is 2. The molecular weight excluding hydrogens is 150 g/mol. The Kier molecular flexibility index (Phi) is 1.68. The van der Waals surface area contributed by atoms with Crippen molar-refractivity contribution in [2.24, 2.45) is 7.05 Å². The monoisotopic (exact) mass is 165 g/mol. The molecule has 0 bridgehead atoms. The van der Waals surface area contributed by atoms with Crippen LogP contribution in [0, 0.1) is 0 Å². The van der Waals surface area contributed by atoms with Gasteiger partial charge >= 0.3 is 0 Å². The first kappa shape index (κ1) is 7.80. The molecule has 1 heterocycles. The summed E-state index contributed by atoms with van der Waals surface area (Å²) in [5.74, 6) is 0. The van der Waals surface area contributed by atoms with E-state index in [-0.39, 0.29) is 0 Å². The third-order valence-corrected chi connectivity index (χ3v) is 2.66. The standard InChI is InChI=1S/C9H15N3/c1-10-9(3-4-9)5-8-6-12(2)7-11-8/h6-7,10H,3-5H2,1-2H3. The molecule has 1 aliphatic carbocycles. The van der Waals surface area contributed by atoms with Gasteiger partial charge in [0.05, 0.1) is 12.0 Å². The Morgan fingerprint density at radius 3 is 2.83 bits per heavy atom. The van der Waals surface area contributed by atoms with Crippen molar-refractivity contribution >= 4 is 0 Å². The number of rotatable bonds is 3. The van der Waals surface area contributed by atoms with Crippen LogP contribution in [0.3, 0.4) is 0 Å². The van der Waals surface area contributed by atoms with Crippen LogP contribution in [0.5, 0.6) is 0 Å². The van der Waals surface area contributed by atoms with Crippen molar-refractivity contribution in [2.45, 2.75) is 24.8 Å². The van der Waals surface area contributed by atoms with Crippen LogP contribution < -0.4 is 5.32 Å². The van der Waals surface area contributed by atoms with E-state index in [4.69, 9.17) is 0 Å². The highest BCUT2D eigenvalue weighted by molar-refractivity contribution is 5.11. The molecule has 0 aromatic carbocycles. The third-order valence-electron chi connectivity index (χ3n) is 2.66. The van der Waals surface area contributed by atoms with Crippen LogP contribution in [-0.4, -0.2) is 22.1 Å². The van der Waals surface area contributed by atoms with Gasteiger partial charge in [-0.2, -0.15) is 0 Å². The maximum atomic E-state index is 4.31. The average molecular weight is 165 g/mol. The van der Waals surface area contributed by atoms with Crippen molar-refractivity contribution in [1.82, 2.24) is 14.9 Å². The summed E-state index contributed by atoms with van der Waals surface area (Å²) in [4.78, 5) is 4.31. The molecule has 3 heteroatoms. The number of hydrogen-bond acceptors (Lipinski definition) is 2. The van der Waals surface area contributed by atoms with Gasteiger partial charge in [0.15, 0.2) is 0 Å². The van der Waals surface area contributed by atoms with Crippen molar-refractivity contribution in [3.05, 3.63) is 18.2 Å². The van der Waals surface area contributed by atoms with Gasteiger partial charge in [0.2, 0.25) is 0 Å². The van der Waals surface area contributed by atoms with E-state index in [0.717, 1.165) is 6.42 Å². The van der Waals surface area contributed by atoms with Gasteiger partial charge in [-0.3, -0.25) is 0 Å². The molecule has 1 fully saturated rings. The van der Waals surface area contributed by atoms with Crippen LogP contribution in [0.2, 0.25) is 0 Å². The summed E-state index contributed by atoms with van der Waals surface area (Å²) in [5, 5.41) is 3.36. The Bertz CT molecular complexity index is 273. The molecule has 0 atom stereocenters. The zero-order chi connectivity index (χ0) is 8.60. The van der Waals surface area contributed by atoms with E-state index in [9.17, 15) is 0 Å². The van der Waals surface area contributed by atoms with E-state index in [1.165, 1.54) is 18.5 Å². The molecule has 2 rings (SSSR count). The summed E-state index contributed by atoms with van der Waals surface area (Å²) in [5.41, 5.74) is 1.58. The third kappa shape index (κ3) is 1.37. The largest absolute Gasteiger partial charge is 0.340 e. The lowest BCUT2D eigenvalue weighted by Crippen LogP contribution is -2.29. The molecule has 1 N–H and O–H groups in total. The number of likely N-dealkylation sites (N-methyl/N-ethyl adjacent to an activating group) is 1. The second-order valence-electron chi connectivity index (χ2n) is 3.74. The molecular formula is C9H15N3. The molecule has 1 aromatic heterocycles. The lowest BCUT2D eigenvalue weighted by Gasteiger charge is -2.10. The van der Waals surface area contributed by atoms with Gasteiger partial charge in [0.1, 0.15) is 0 Å². The average Bonchev–Trinajstić information content (AvgIpc) is 2.71. The lowest BCUT2D eigenvalue weighted by molar-refractivity contribution is 0.543. The van der Waals surface area contributed by atoms with E-state index in [1.54, 1.807) is 0 Å². The van der Waals surface area contributed by atoms with Crippen molar-refractivity contribution in [3.8, 4) is 0 Å². The van der Waals surface area contributed by atoms with E-state index < -0.39 is 0 Å². The Labute approximate surface area is 72.8 Å². The van der Waals surface area contributed by atoms with E-state index >= 15 is 0 Å². The summed E-state index contributed by atoms with van der Waals surface area (Å²) < 4.78 is 2.00. The van der Waals surface area contributed by atoms with E-state index in [0.29, 0.717) is 5.54 Å². The minimum Gasteiger partial charge on any atom is -0.340 e. The van der Waals surface area contributed by atoms with Gasteiger partial charge in [-0.05, 0) is 19.9 Å². The van der Waals surface area contributed by atoms with Gasteiger partial charge in [0, 0.05) is 25.2 Å². The lowest BCUT2D eigenvalue weighted by atomic mass is 10.1. The number of imidazole rings is 1. The summed E-state index contributed by atoms with van der Waals surface area (Å²) >= 11 is 0. The number of nitrogens with one attached hydrogen (secondary N) is 1. The fraction of sp³-hybridized carbons (Fsp3) is 0.667. The molecule has 66 valence electrons. The van der Waals surface area contributed by atoms with Crippen molar-refractivity contribution in [2.75, 3.05) is 7.05 Å². The second-order valence-corrected chi connectivity index (χ2v) is 3.74. The summed E-state index contributed by atoms with van der Waals surface area (Å²) in [6, 6.07) is 0. The first-order valence-electron chi connectivity index (χ1n) is 4.40. The topological polar surface area (TPSA) is 29.9 Å². The highest BCUT2D eigenvalue weighted by atomic mass is 15.0. The summed E-state index contributed by atoms with van der Waals surface area (Å²) in [6.07, 6.45) is 7.61. The SMILES string of the molecule is CNC1(Cc2cn(C)cn2)CC1. The predicted octanol–water partition coefficient (Wildman–Crippen LogP) is 0.715. The van der Waals surface area contributed by atoms with Gasteiger partial charge in [-0.25, -0.2) is 4.98 Å². The van der Waals surface area contributed by atoms with Gasteiger partial charge < -0.3 is 9.88 Å². The molecule has 1 saturated carbocycles. The zero-order valence-corrected chi connectivity index (χ0v) is 7.67. The van der Waals surface area contributed by atoms with E-state index in [1.807, 2.05) is 25.0 Å². The Hall–Kier alpha value is -0.830. The van der Waals surface area contributed by atoms with Crippen LogP contribution in [0.1, 0.15) is 18.5 Å². The maximum absolute atomic E-state index is 4.31. The van der Waals surface area contributed by atoms with E-state index in [2.05, 4.69) is 16.5 Å². The highest BCUT2D eigenvalue weighted by Crippen LogP contribution is 2.37. The minimum atomic E-state index is 0.383. The second kappa shape index (κ2) is 2.59. The minimum absolute atomic E-state index is 0.383. The Balaban J connectivity index is 2.04. The summed E-state index contributed by atoms with van der Waals surface area (Å²) in [7, 11) is 4.05. The molecule has 1 aliphatic rings. The van der Waals surface area contributed by atoms with Crippen LogP contribution in [0.15, 0.2) is 12.5 Å². The molecule has 0 unspecified atom stereocenters. The Morgan fingerprint density at radius 1 is 1.67 bits per heavy atom. The molecule has 0 aliphatic heterocycles. The molecule has 0 saturated heterocycles. The molecule has 3 nitrogen and oxygen atoms in total. The molecule has 1 aromatic rings. The molecule has 0 radical (unpaired) electrons. The predicted molar refractivity (Wildman–Crippen MR) is 47.9 cm³/mol. The Morgan fingerprint density at radius 2 is 2.42 bits per heavy atom. The zero-order valence-electron chi connectivity index (χ0n) is 7.67. The smallest absolute Gasteiger partial charge is 0.0946 e. The van der Waals surface area contributed by atoms with Crippen molar-refractivity contribution in [1.29, 1.82) is 0 Å².